The third kappa shape index (κ3) is 2.08. The average Bonchev–Trinajstić information content (AvgIpc) is 2.19. The minimum absolute atomic E-state index is 0.960. The maximum Gasteiger partial charge on any atom is 0.0184 e. The number of halogens is 1. The van der Waals surface area contributed by atoms with Gasteiger partial charge < -0.3 is 0 Å². The van der Waals surface area contributed by atoms with Gasteiger partial charge in [0.1, 0.15) is 0 Å². The SMILES string of the molecule is Cc1cccc(C2=CC=C(Cl)CC2)c1. The van der Waals surface area contributed by atoms with Crippen molar-refractivity contribution in [3.63, 3.8) is 0 Å². The quantitative estimate of drug-likeness (QED) is 0.640. The van der Waals surface area contributed by atoms with E-state index >= 15 is 0 Å². The van der Waals surface area contributed by atoms with Crippen molar-refractivity contribution in [2.75, 3.05) is 0 Å². The number of hydrogen-bond donors (Lipinski definition) is 0. The zero-order valence-electron chi connectivity index (χ0n) is 8.26. The normalized spacial score (nSPS) is 16.1. The first-order valence-electron chi connectivity index (χ1n) is 4.88. The molecule has 1 aliphatic carbocycles. The lowest BCUT2D eigenvalue weighted by Gasteiger charge is -2.11. The first-order chi connectivity index (χ1) is 6.75. The Labute approximate surface area is 89.9 Å². The molecule has 0 fully saturated rings. The van der Waals surface area contributed by atoms with Gasteiger partial charge in [-0.2, -0.15) is 0 Å². The van der Waals surface area contributed by atoms with Crippen LogP contribution in [0, 0.1) is 6.92 Å². The van der Waals surface area contributed by atoms with Gasteiger partial charge in [0.25, 0.3) is 0 Å². The fourth-order valence-electron chi connectivity index (χ4n) is 1.70. The Balaban J connectivity index is 2.32. The van der Waals surface area contributed by atoms with E-state index in [-0.39, 0.29) is 0 Å². The minimum Gasteiger partial charge on any atom is -0.0891 e. The number of hydrogen-bond acceptors (Lipinski definition) is 0. The lowest BCUT2D eigenvalue weighted by atomic mass is 9.96. The van der Waals surface area contributed by atoms with Gasteiger partial charge in [0, 0.05) is 5.03 Å². The van der Waals surface area contributed by atoms with Crippen LogP contribution in [0.25, 0.3) is 5.57 Å². The van der Waals surface area contributed by atoms with E-state index in [9.17, 15) is 0 Å². The molecule has 1 heteroatoms. The molecule has 0 N–H and O–H groups in total. The third-order valence-electron chi connectivity index (χ3n) is 2.49. The highest BCUT2D eigenvalue weighted by molar-refractivity contribution is 6.29. The Bertz CT molecular complexity index is 399. The molecule has 0 radical (unpaired) electrons. The molecule has 0 saturated heterocycles. The van der Waals surface area contributed by atoms with Crippen LogP contribution in [0.5, 0.6) is 0 Å². The van der Waals surface area contributed by atoms with Crippen LogP contribution in [-0.4, -0.2) is 0 Å². The van der Waals surface area contributed by atoms with Crippen molar-refractivity contribution in [1.29, 1.82) is 0 Å². The van der Waals surface area contributed by atoms with Crippen LogP contribution >= 0.6 is 11.6 Å². The van der Waals surface area contributed by atoms with Crippen LogP contribution in [0.15, 0.2) is 41.4 Å². The molecule has 0 aliphatic heterocycles. The number of allylic oxidation sites excluding steroid dienone is 4. The van der Waals surface area contributed by atoms with Gasteiger partial charge in [0.15, 0.2) is 0 Å². The molecule has 0 spiro atoms. The Morgan fingerprint density at radius 2 is 2.00 bits per heavy atom. The molecule has 1 aliphatic rings. The zero-order valence-corrected chi connectivity index (χ0v) is 9.01. The summed E-state index contributed by atoms with van der Waals surface area (Å²) in [6.45, 7) is 2.12. The van der Waals surface area contributed by atoms with Crippen molar-refractivity contribution in [1.82, 2.24) is 0 Å². The van der Waals surface area contributed by atoms with E-state index in [2.05, 4.69) is 37.3 Å². The van der Waals surface area contributed by atoms with Crippen LogP contribution in [0.4, 0.5) is 0 Å². The Morgan fingerprint density at radius 3 is 2.64 bits per heavy atom. The molecule has 2 rings (SSSR count). The summed E-state index contributed by atoms with van der Waals surface area (Å²) < 4.78 is 0. The number of benzene rings is 1. The molecule has 0 atom stereocenters. The molecule has 0 saturated carbocycles. The van der Waals surface area contributed by atoms with Gasteiger partial charge in [-0.3, -0.25) is 0 Å². The largest absolute Gasteiger partial charge is 0.0891 e. The van der Waals surface area contributed by atoms with Crippen LogP contribution in [0.3, 0.4) is 0 Å². The first kappa shape index (κ1) is 9.54. The maximum atomic E-state index is 5.92. The van der Waals surface area contributed by atoms with Crippen LogP contribution in [-0.2, 0) is 0 Å². The summed E-state index contributed by atoms with van der Waals surface area (Å²) in [6.07, 6.45) is 6.16. The molecule has 0 aromatic heterocycles. The van der Waals surface area contributed by atoms with Crippen molar-refractivity contribution >= 4 is 17.2 Å². The fraction of sp³-hybridized carbons (Fsp3) is 0.231. The molecular weight excluding hydrogens is 192 g/mol. The minimum atomic E-state index is 0.960. The van der Waals surface area contributed by atoms with E-state index in [4.69, 9.17) is 11.6 Å². The van der Waals surface area contributed by atoms with Crippen molar-refractivity contribution in [3.05, 3.63) is 52.6 Å². The van der Waals surface area contributed by atoms with Gasteiger partial charge in [-0.25, -0.2) is 0 Å². The summed E-state index contributed by atoms with van der Waals surface area (Å²) in [6, 6.07) is 8.60. The van der Waals surface area contributed by atoms with E-state index < -0.39 is 0 Å². The second-order valence-corrected chi connectivity index (χ2v) is 4.16. The maximum absolute atomic E-state index is 5.92. The van der Waals surface area contributed by atoms with Gasteiger partial charge in [-0.15, -0.1) is 0 Å². The summed E-state index contributed by atoms with van der Waals surface area (Å²) in [7, 11) is 0. The Hall–Kier alpha value is -1.01. The van der Waals surface area contributed by atoms with Gasteiger partial charge >= 0.3 is 0 Å². The molecule has 72 valence electrons. The van der Waals surface area contributed by atoms with E-state index in [0.717, 1.165) is 17.9 Å². The van der Waals surface area contributed by atoms with Crippen LogP contribution < -0.4 is 0 Å². The fourth-order valence-corrected chi connectivity index (χ4v) is 1.85. The lowest BCUT2D eigenvalue weighted by Crippen LogP contribution is -1.90. The van der Waals surface area contributed by atoms with E-state index in [0.29, 0.717) is 0 Å². The highest BCUT2D eigenvalue weighted by atomic mass is 35.5. The zero-order chi connectivity index (χ0) is 9.97. The van der Waals surface area contributed by atoms with E-state index in [1.165, 1.54) is 16.7 Å². The monoisotopic (exact) mass is 204 g/mol. The topological polar surface area (TPSA) is 0 Å². The van der Waals surface area contributed by atoms with Crippen molar-refractivity contribution < 1.29 is 0 Å². The van der Waals surface area contributed by atoms with Crippen LogP contribution in [0.1, 0.15) is 24.0 Å². The Morgan fingerprint density at radius 1 is 1.14 bits per heavy atom. The molecule has 0 heterocycles. The summed E-state index contributed by atoms with van der Waals surface area (Å²) in [4.78, 5) is 0. The predicted molar refractivity (Wildman–Crippen MR) is 62.3 cm³/mol. The number of aryl methyl sites for hydroxylation is 1. The molecule has 0 amide bonds. The van der Waals surface area contributed by atoms with Gasteiger partial charge in [0.05, 0.1) is 0 Å². The lowest BCUT2D eigenvalue weighted by molar-refractivity contribution is 1.03. The summed E-state index contributed by atoms with van der Waals surface area (Å²) in [5, 5.41) is 0.960. The second-order valence-electron chi connectivity index (χ2n) is 3.67. The van der Waals surface area contributed by atoms with Gasteiger partial charge in [-0.05, 0) is 37.0 Å². The van der Waals surface area contributed by atoms with Crippen molar-refractivity contribution in [2.45, 2.75) is 19.8 Å². The van der Waals surface area contributed by atoms with Crippen molar-refractivity contribution in [2.24, 2.45) is 0 Å². The van der Waals surface area contributed by atoms with Crippen molar-refractivity contribution in [3.8, 4) is 0 Å². The second kappa shape index (κ2) is 4.02. The molecule has 0 unspecified atom stereocenters. The van der Waals surface area contributed by atoms with Crippen LogP contribution in [0.2, 0.25) is 0 Å². The highest BCUT2D eigenvalue weighted by Gasteiger charge is 2.06. The summed E-state index contributed by atoms with van der Waals surface area (Å²) in [5.74, 6) is 0. The average molecular weight is 205 g/mol. The predicted octanol–water partition coefficient (Wildman–Crippen LogP) is 4.29. The number of rotatable bonds is 1. The first-order valence-corrected chi connectivity index (χ1v) is 5.26. The molecule has 0 bridgehead atoms. The molecule has 1 aromatic carbocycles. The summed E-state index contributed by atoms with van der Waals surface area (Å²) >= 11 is 5.92. The highest BCUT2D eigenvalue weighted by Crippen LogP contribution is 2.28. The molecule has 0 nitrogen and oxygen atoms in total. The van der Waals surface area contributed by atoms with Gasteiger partial charge in [0.2, 0.25) is 0 Å². The Kier molecular flexibility index (Phi) is 2.74. The van der Waals surface area contributed by atoms with E-state index in [1.54, 1.807) is 0 Å². The molecule has 1 aromatic rings. The van der Waals surface area contributed by atoms with Gasteiger partial charge in [-0.1, -0.05) is 47.5 Å². The standard InChI is InChI=1S/C13H13Cl/c1-10-3-2-4-12(9-10)11-5-7-13(14)8-6-11/h2-5,7,9H,6,8H2,1H3. The molecule has 14 heavy (non-hydrogen) atoms. The van der Waals surface area contributed by atoms with E-state index in [1.807, 2.05) is 6.08 Å². The third-order valence-corrected chi connectivity index (χ3v) is 2.80. The smallest absolute Gasteiger partial charge is 0.0184 e. The molecular formula is C13H13Cl. The summed E-state index contributed by atoms with van der Waals surface area (Å²) in [5.41, 5.74) is 4.02.